The molecule has 2 aliphatic heterocycles. The van der Waals surface area contributed by atoms with Crippen LogP contribution >= 0.6 is 11.6 Å². The Morgan fingerprint density at radius 3 is 2.23 bits per heavy atom. The molecule has 0 bridgehead atoms. The van der Waals surface area contributed by atoms with E-state index in [1.54, 1.807) is 14.2 Å². The lowest BCUT2D eigenvalue weighted by Crippen LogP contribution is -2.36. The average molecular weight is 658 g/mol. The Morgan fingerprint density at radius 1 is 0.812 bits per heavy atom. The second-order valence-electron chi connectivity index (χ2n) is 12.9. The molecule has 1 unspecified atom stereocenters. The van der Waals surface area contributed by atoms with Crippen molar-refractivity contribution in [3.05, 3.63) is 124 Å². The summed E-state index contributed by atoms with van der Waals surface area (Å²) in [6.07, 6.45) is 6.42. The van der Waals surface area contributed by atoms with E-state index in [9.17, 15) is 0 Å². The average Bonchev–Trinajstić information content (AvgIpc) is 3.44. The number of morpholine rings is 1. The highest BCUT2D eigenvalue weighted by molar-refractivity contribution is 6.31. The second kappa shape index (κ2) is 11.9. The van der Waals surface area contributed by atoms with Crippen LogP contribution in [0.5, 0.6) is 17.2 Å². The Balaban J connectivity index is 1.48. The van der Waals surface area contributed by atoms with Gasteiger partial charge in [-0.05, 0) is 83.0 Å². The quantitative estimate of drug-likeness (QED) is 0.174. The topological polar surface area (TPSA) is 40.2 Å². The first kappa shape index (κ1) is 30.9. The van der Waals surface area contributed by atoms with Gasteiger partial charge in [-0.2, -0.15) is 0 Å². The minimum atomic E-state index is -0.867. The second-order valence-corrected chi connectivity index (χ2v) is 13.3. The van der Waals surface area contributed by atoms with Gasteiger partial charge in [0.15, 0.2) is 5.60 Å². The molecule has 3 aliphatic rings. The molecule has 8 rings (SSSR count). The van der Waals surface area contributed by atoms with Crippen molar-refractivity contribution in [1.29, 1.82) is 0 Å². The fraction of sp³-hybridized carbons (Fsp3) is 0.286. The van der Waals surface area contributed by atoms with Crippen LogP contribution in [0.3, 0.4) is 0 Å². The van der Waals surface area contributed by atoms with Crippen molar-refractivity contribution in [1.82, 2.24) is 0 Å². The summed E-state index contributed by atoms with van der Waals surface area (Å²) in [5.41, 5.74) is 8.29. The zero-order chi connectivity index (χ0) is 33.0. The third kappa shape index (κ3) is 4.48. The van der Waals surface area contributed by atoms with Gasteiger partial charge in [0, 0.05) is 45.6 Å². The number of hydrogen-bond donors (Lipinski definition) is 0. The van der Waals surface area contributed by atoms with Gasteiger partial charge in [0.25, 0.3) is 0 Å². The largest absolute Gasteiger partial charge is 0.497 e. The maximum atomic E-state index is 7.55. The molecule has 244 valence electrons. The molecule has 1 saturated heterocycles. The Morgan fingerprint density at radius 2 is 1.54 bits per heavy atom. The molecule has 2 heterocycles. The van der Waals surface area contributed by atoms with E-state index in [0.29, 0.717) is 13.2 Å². The Labute approximate surface area is 287 Å². The van der Waals surface area contributed by atoms with Gasteiger partial charge in [-0.15, -0.1) is 0 Å². The molecule has 0 saturated carbocycles. The van der Waals surface area contributed by atoms with Gasteiger partial charge < -0.3 is 23.8 Å². The number of ether oxygens (including phenoxy) is 4. The number of benzene rings is 5. The molecule has 0 N–H and O–H groups in total. The Hall–Kier alpha value is -4.45. The van der Waals surface area contributed by atoms with Crippen LogP contribution in [0, 0.1) is 0 Å². The van der Waals surface area contributed by atoms with Crippen LogP contribution in [0.1, 0.15) is 54.5 Å². The molecule has 5 aromatic rings. The highest BCUT2D eigenvalue weighted by Gasteiger charge is 2.47. The number of methoxy groups -OCH3 is 2. The van der Waals surface area contributed by atoms with E-state index in [2.05, 4.69) is 91.6 Å². The first-order valence-electron chi connectivity index (χ1n) is 16.9. The zero-order valence-corrected chi connectivity index (χ0v) is 28.7. The molecule has 6 heteroatoms. The van der Waals surface area contributed by atoms with Gasteiger partial charge in [0.1, 0.15) is 17.2 Å². The highest BCUT2D eigenvalue weighted by atomic mass is 35.5. The van der Waals surface area contributed by atoms with Crippen molar-refractivity contribution in [2.75, 3.05) is 45.4 Å². The monoisotopic (exact) mass is 657 g/mol. The standard InChI is InChI=1S/C42H40ClNO4/c1-5-41(6-2)35-24-29(43)14-17-31(35)38-33-25-36(44-20-22-47-23-21-44)37(46-4)26-34(33)40-32(39(38)41)18-19-42(48-40,27-10-8-7-9-11-27)28-12-15-30(45-3)16-13-28/h7-19,24-26H,5-6,20-23H2,1-4H3. The smallest absolute Gasteiger partial charge is 0.178 e. The number of halogens is 1. The third-order valence-electron chi connectivity index (χ3n) is 10.9. The molecule has 1 aliphatic carbocycles. The van der Waals surface area contributed by atoms with Crippen molar-refractivity contribution in [2.24, 2.45) is 0 Å². The van der Waals surface area contributed by atoms with Crippen LogP contribution in [-0.4, -0.2) is 40.5 Å². The van der Waals surface area contributed by atoms with Crippen molar-refractivity contribution in [2.45, 2.75) is 37.7 Å². The van der Waals surface area contributed by atoms with E-state index in [1.165, 1.54) is 22.3 Å². The van der Waals surface area contributed by atoms with Gasteiger partial charge in [-0.1, -0.05) is 80.1 Å². The molecule has 0 amide bonds. The maximum Gasteiger partial charge on any atom is 0.178 e. The highest BCUT2D eigenvalue weighted by Crippen LogP contribution is 2.61. The minimum absolute atomic E-state index is 0.229. The summed E-state index contributed by atoms with van der Waals surface area (Å²) in [5, 5.41) is 2.95. The number of hydrogen-bond acceptors (Lipinski definition) is 5. The van der Waals surface area contributed by atoms with Gasteiger partial charge in [0.2, 0.25) is 0 Å². The van der Waals surface area contributed by atoms with E-state index in [4.69, 9.17) is 30.5 Å². The summed E-state index contributed by atoms with van der Waals surface area (Å²) in [6.45, 7) is 7.59. The summed E-state index contributed by atoms with van der Waals surface area (Å²) in [5.74, 6) is 2.49. The minimum Gasteiger partial charge on any atom is -0.497 e. The summed E-state index contributed by atoms with van der Waals surface area (Å²) in [7, 11) is 3.45. The molecule has 5 aromatic carbocycles. The number of anilines is 1. The molecule has 1 fully saturated rings. The van der Waals surface area contributed by atoms with Crippen LogP contribution in [-0.2, 0) is 15.8 Å². The molecule has 0 aromatic heterocycles. The lowest BCUT2D eigenvalue weighted by molar-refractivity contribution is 0.122. The zero-order valence-electron chi connectivity index (χ0n) is 27.9. The molecule has 0 spiro atoms. The van der Waals surface area contributed by atoms with Crippen LogP contribution in [0.2, 0.25) is 5.02 Å². The summed E-state index contributed by atoms with van der Waals surface area (Å²) < 4.78 is 25.0. The predicted molar refractivity (Wildman–Crippen MR) is 195 cm³/mol. The van der Waals surface area contributed by atoms with Crippen molar-refractivity contribution >= 4 is 34.1 Å². The normalized spacial score (nSPS) is 19.0. The van der Waals surface area contributed by atoms with Gasteiger partial charge in [-0.25, -0.2) is 0 Å². The number of rotatable bonds is 7. The van der Waals surface area contributed by atoms with Gasteiger partial charge in [-0.3, -0.25) is 0 Å². The van der Waals surface area contributed by atoms with E-state index < -0.39 is 5.60 Å². The molecule has 0 radical (unpaired) electrons. The van der Waals surface area contributed by atoms with Gasteiger partial charge >= 0.3 is 0 Å². The van der Waals surface area contributed by atoms with Crippen molar-refractivity contribution < 1.29 is 18.9 Å². The van der Waals surface area contributed by atoms with Gasteiger partial charge in [0.05, 0.1) is 33.1 Å². The first-order valence-corrected chi connectivity index (χ1v) is 17.3. The lowest BCUT2D eigenvalue weighted by Gasteiger charge is -2.39. The number of fused-ring (bicyclic) bond motifs is 8. The molecule has 1 atom stereocenters. The SMILES string of the molecule is CCC1(CC)c2cc(Cl)ccc2-c2c1c1c(c3cc(OC)c(N4CCOCC4)cc23)OC(c2ccccc2)(c2ccc(OC)cc2)C=C1. The van der Waals surface area contributed by atoms with Crippen LogP contribution in [0.25, 0.3) is 28.0 Å². The third-order valence-corrected chi connectivity index (χ3v) is 11.1. The van der Waals surface area contributed by atoms with Crippen molar-refractivity contribution in [3.63, 3.8) is 0 Å². The molecular weight excluding hydrogens is 618 g/mol. The Kier molecular flexibility index (Phi) is 7.65. The summed E-state index contributed by atoms with van der Waals surface area (Å²) in [4.78, 5) is 2.38. The Bertz CT molecular complexity index is 2050. The van der Waals surface area contributed by atoms with Crippen molar-refractivity contribution in [3.8, 4) is 28.4 Å². The lowest BCUT2D eigenvalue weighted by atomic mass is 9.71. The predicted octanol–water partition coefficient (Wildman–Crippen LogP) is 9.78. The molecule has 5 nitrogen and oxygen atoms in total. The maximum absolute atomic E-state index is 7.55. The molecule has 48 heavy (non-hydrogen) atoms. The fourth-order valence-corrected chi connectivity index (χ4v) is 8.57. The van der Waals surface area contributed by atoms with Crippen LogP contribution in [0.15, 0.2) is 91.0 Å². The fourth-order valence-electron chi connectivity index (χ4n) is 8.40. The van der Waals surface area contributed by atoms with E-state index in [-0.39, 0.29) is 5.41 Å². The molecular formula is C42H40ClNO4. The van der Waals surface area contributed by atoms with E-state index in [1.807, 2.05) is 24.3 Å². The summed E-state index contributed by atoms with van der Waals surface area (Å²) >= 11 is 6.75. The van der Waals surface area contributed by atoms with Crippen LogP contribution in [0.4, 0.5) is 5.69 Å². The summed E-state index contributed by atoms with van der Waals surface area (Å²) in [6, 6.07) is 29.7. The first-order chi connectivity index (χ1) is 23.5. The van der Waals surface area contributed by atoms with Crippen LogP contribution < -0.4 is 19.1 Å². The van der Waals surface area contributed by atoms with E-state index >= 15 is 0 Å². The van der Waals surface area contributed by atoms with E-state index in [0.717, 1.165) is 81.4 Å². The number of nitrogens with zero attached hydrogens (tertiary/aromatic N) is 1.